The maximum absolute atomic E-state index is 11.8. The molecule has 1 fully saturated rings. The van der Waals surface area contributed by atoms with Gasteiger partial charge in [-0.2, -0.15) is 0 Å². The number of hydrogen-bond donors (Lipinski definition) is 2. The van der Waals surface area contributed by atoms with Gasteiger partial charge in [-0.05, 0) is 37.8 Å². The van der Waals surface area contributed by atoms with Crippen LogP contribution in [0.1, 0.15) is 19.8 Å². The number of nitrogens with one attached hydrogen (secondary N) is 1. The van der Waals surface area contributed by atoms with E-state index in [1.54, 1.807) is 24.3 Å². The maximum Gasteiger partial charge on any atom is 0.329 e. The Balaban J connectivity index is 1.92. The highest BCUT2D eigenvalue weighted by atomic mass is 35.5. The van der Waals surface area contributed by atoms with Gasteiger partial charge in [-0.25, -0.2) is 4.79 Å². The second kappa shape index (κ2) is 5.71. The number of carboxylic acid groups (broad SMARTS) is 1. The standard InChI is InChI=1S/C14H16ClNO4/c1-14(13(18)19,9-6-7-9)16-12(17)8-20-11-5-3-2-4-10(11)15/h2-5,9H,6-8H2,1H3,(H,16,17)(H,18,19). The Hall–Kier alpha value is -1.75. The van der Waals surface area contributed by atoms with Crippen LogP contribution in [0, 0.1) is 5.92 Å². The zero-order chi connectivity index (χ0) is 14.8. The summed E-state index contributed by atoms with van der Waals surface area (Å²) in [5.41, 5.74) is -1.22. The number of aliphatic carboxylic acids is 1. The van der Waals surface area contributed by atoms with Gasteiger partial charge in [0.1, 0.15) is 11.3 Å². The molecule has 108 valence electrons. The van der Waals surface area contributed by atoms with Gasteiger partial charge in [-0.3, -0.25) is 4.79 Å². The second-order valence-corrected chi connectivity index (χ2v) is 5.46. The van der Waals surface area contributed by atoms with Crippen molar-refractivity contribution in [2.45, 2.75) is 25.3 Å². The van der Waals surface area contributed by atoms with Crippen LogP contribution in [0.2, 0.25) is 5.02 Å². The van der Waals surface area contributed by atoms with Gasteiger partial charge in [-0.1, -0.05) is 23.7 Å². The Morgan fingerprint density at radius 3 is 2.65 bits per heavy atom. The molecule has 0 radical (unpaired) electrons. The minimum atomic E-state index is -1.22. The lowest BCUT2D eigenvalue weighted by atomic mass is 9.96. The molecule has 0 bridgehead atoms. The maximum atomic E-state index is 11.8. The minimum Gasteiger partial charge on any atom is -0.482 e. The lowest BCUT2D eigenvalue weighted by molar-refractivity contribution is -0.148. The summed E-state index contributed by atoms with van der Waals surface area (Å²) < 4.78 is 5.29. The number of benzene rings is 1. The molecule has 1 aliphatic carbocycles. The summed E-state index contributed by atoms with van der Waals surface area (Å²) in [5, 5.41) is 12.2. The van der Waals surface area contributed by atoms with Gasteiger partial charge < -0.3 is 15.2 Å². The smallest absolute Gasteiger partial charge is 0.329 e. The first kappa shape index (κ1) is 14.7. The number of hydrogen-bond acceptors (Lipinski definition) is 3. The summed E-state index contributed by atoms with van der Waals surface area (Å²) in [6.45, 7) is 1.26. The average molecular weight is 298 g/mol. The second-order valence-electron chi connectivity index (χ2n) is 5.05. The van der Waals surface area contributed by atoms with Crippen molar-refractivity contribution in [1.82, 2.24) is 5.32 Å². The molecule has 6 heteroatoms. The van der Waals surface area contributed by atoms with Crippen molar-refractivity contribution >= 4 is 23.5 Å². The molecule has 5 nitrogen and oxygen atoms in total. The van der Waals surface area contributed by atoms with Crippen molar-refractivity contribution in [2.75, 3.05) is 6.61 Å². The molecule has 0 aliphatic heterocycles. The third kappa shape index (κ3) is 3.22. The molecule has 1 saturated carbocycles. The molecule has 1 amide bonds. The molecule has 20 heavy (non-hydrogen) atoms. The van der Waals surface area contributed by atoms with Gasteiger partial charge >= 0.3 is 5.97 Å². The van der Waals surface area contributed by atoms with Gasteiger partial charge in [-0.15, -0.1) is 0 Å². The molecule has 0 spiro atoms. The largest absolute Gasteiger partial charge is 0.482 e. The molecule has 2 rings (SSSR count). The molecule has 1 aromatic carbocycles. The van der Waals surface area contributed by atoms with Crippen LogP contribution in [-0.4, -0.2) is 29.1 Å². The van der Waals surface area contributed by atoms with Gasteiger partial charge in [0, 0.05) is 0 Å². The highest BCUT2D eigenvalue weighted by Crippen LogP contribution is 2.39. The van der Waals surface area contributed by atoms with Crippen LogP contribution < -0.4 is 10.1 Å². The van der Waals surface area contributed by atoms with E-state index in [1.165, 1.54) is 6.92 Å². The SMILES string of the molecule is CC(NC(=O)COc1ccccc1Cl)(C(=O)O)C1CC1. The van der Waals surface area contributed by atoms with Crippen molar-refractivity contribution in [3.8, 4) is 5.75 Å². The van der Waals surface area contributed by atoms with E-state index in [9.17, 15) is 14.7 Å². The predicted molar refractivity (Wildman–Crippen MR) is 73.9 cm³/mol. The van der Waals surface area contributed by atoms with Crippen LogP contribution in [0.15, 0.2) is 24.3 Å². The molecule has 0 aromatic heterocycles. The first-order valence-electron chi connectivity index (χ1n) is 6.35. The zero-order valence-corrected chi connectivity index (χ0v) is 11.8. The molecule has 1 aromatic rings. The van der Waals surface area contributed by atoms with E-state index in [1.807, 2.05) is 0 Å². The lowest BCUT2D eigenvalue weighted by Crippen LogP contribution is -2.55. The Morgan fingerprint density at radius 1 is 1.45 bits per heavy atom. The molecule has 1 unspecified atom stereocenters. The van der Waals surface area contributed by atoms with Gasteiger partial charge in [0.2, 0.25) is 0 Å². The van der Waals surface area contributed by atoms with Gasteiger partial charge in [0.15, 0.2) is 6.61 Å². The van der Waals surface area contributed by atoms with Gasteiger partial charge in [0.25, 0.3) is 5.91 Å². The van der Waals surface area contributed by atoms with Crippen molar-refractivity contribution in [3.05, 3.63) is 29.3 Å². The number of ether oxygens (including phenoxy) is 1. The molecule has 1 atom stereocenters. The number of halogens is 1. The van der Waals surface area contributed by atoms with E-state index in [2.05, 4.69) is 5.32 Å². The van der Waals surface area contributed by atoms with Crippen molar-refractivity contribution in [3.63, 3.8) is 0 Å². The van der Waals surface area contributed by atoms with E-state index in [0.29, 0.717) is 10.8 Å². The van der Waals surface area contributed by atoms with Crippen LogP contribution in [0.3, 0.4) is 0 Å². The average Bonchev–Trinajstić information content (AvgIpc) is 3.22. The van der Waals surface area contributed by atoms with Crippen molar-refractivity contribution in [2.24, 2.45) is 5.92 Å². The van der Waals surface area contributed by atoms with Crippen molar-refractivity contribution < 1.29 is 19.4 Å². The van der Waals surface area contributed by atoms with E-state index in [-0.39, 0.29) is 12.5 Å². The molecular weight excluding hydrogens is 282 g/mol. The van der Waals surface area contributed by atoms with E-state index >= 15 is 0 Å². The Kier molecular flexibility index (Phi) is 4.18. The van der Waals surface area contributed by atoms with E-state index in [4.69, 9.17) is 16.3 Å². The number of carbonyl (C=O) groups excluding carboxylic acids is 1. The monoisotopic (exact) mass is 297 g/mol. The predicted octanol–water partition coefficient (Wildman–Crippen LogP) is 2.09. The number of carboxylic acids is 1. The number of rotatable bonds is 6. The number of carbonyl (C=O) groups is 2. The lowest BCUT2D eigenvalue weighted by Gasteiger charge is -2.26. The molecular formula is C14H16ClNO4. The van der Waals surface area contributed by atoms with Crippen LogP contribution in [0.25, 0.3) is 0 Å². The van der Waals surface area contributed by atoms with E-state index < -0.39 is 17.4 Å². The highest BCUT2D eigenvalue weighted by Gasteiger charge is 2.48. The Morgan fingerprint density at radius 2 is 2.10 bits per heavy atom. The highest BCUT2D eigenvalue weighted by molar-refractivity contribution is 6.32. The van der Waals surface area contributed by atoms with E-state index in [0.717, 1.165) is 12.8 Å². The molecule has 0 saturated heterocycles. The van der Waals surface area contributed by atoms with Gasteiger partial charge in [0.05, 0.1) is 5.02 Å². The van der Waals surface area contributed by atoms with Crippen molar-refractivity contribution in [1.29, 1.82) is 0 Å². The number of para-hydroxylation sites is 1. The van der Waals surface area contributed by atoms with Crippen LogP contribution in [0.4, 0.5) is 0 Å². The summed E-state index contributed by atoms with van der Waals surface area (Å²) in [5.74, 6) is -1.11. The van der Waals surface area contributed by atoms with Crippen LogP contribution in [-0.2, 0) is 9.59 Å². The quantitative estimate of drug-likeness (QED) is 0.843. The fourth-order valence-corrected chi connectivity index (χ4v) is 2.21. The zero-order valence-electron chi connectivity index (χ0n) is 11.1. The Labute approximate surface area is 121 Å². The summed E-state index contributed by atoms with van der Waals surface area (Å²) in [7, 11) is 0. The summed E-state index contributed by atoms with van der Waals surface area (Å²) in [4.78, 5) is 23.1. The fourth-order valence-electron chi connectivity index (χ4n) is 2.02. The first-order valence-corrected chi connectivity index (χ1v) is 6.73. The van der Waals surface area contributed by atoms with Crippen LogP contribution in [0.5, 0.6) is 5.75 Å². The fraction of sp³-hybridized carbons (Fsp3) is 0.429. The Bertz CT molecular complexity index is 530. The summed E-state index contributed by atoms with van der Waals surface area (Å²) >= 11 is 5.90. The third-order valence-corrected chi connectivity index (χ3v) is 3.74. The van der Waals surface area contributed by atoms with Crippen LogP contribution >= 0.6 is 11.6 Å². The normalized spacial score (nSPS) is 17.1. The first-order chi connectivity index (χ1) is 9.43. The molecule has 0 heterocycles. The minimum absolute atomic E-state index is 0.00994. The topological polar surface area (TPSA) is 75.6 Å². The molecule has 2 N–H and O–H groups in total. The number of amides is 1. The summed E-state index contributed by atoms with van der Waals surface area (Å²) in [6.07, 6.45) is 1.63. The third-order valence-electron chi connectivity index (χ3n) is 3.43. The molecule has 1 aliphatic rings. The summed E-state index contributed by atoms with van der Waals surface area (Å²) in [6, 6.07) is 6.79.